The van der Waals surface area contributed by atoms with Crippen LogP contribution < -0.4 is 4.74 Å². The predicted molar refractivity (Wildman–Crippen MR) is 79.2 cm³/mol. The van der Waals surface area contributed by atoms with Gasteiger partial charge in [-0.1, -0.05) is 6.07 Å². The predicted octanol–water partition coefficient (Wildman–Crippen LogP) is 3.17. The first-order valence-electron chi connectivity index (χ1n) is 7.75. The smallest absolute Gasteiger partial charge is 0.130 e. The SMILES string of the molecule is OC1CCCc2cc(OCc3cncn3C3CC3)ccc21. The summed E-state index contributed by atoms with van der Waals surface area (Å²) >= 11 is 0. The standard InChI is InChI=1S/C17H20N2O2/c20-17-3-1-2-12-8-15(6-7-16(12)17)21-10-14-9-18-11-19(14)13-4-5-13/h6-9,11,13,17,20H,1-5,10H2. The van der Waals surface area contributed by atoms with Crippen molar-refractivity contribution >= 4 is 0 Å². The number of aliphatic hydroxyl groups excluding tert-OH is 1. The van der Waals surface area contributed by atoms with E-state index in [0.717, 1.165) is 36.3 Å². The summed E-state index contributed by atoms with van der Waals surface area (Å²) in [6, 6.07) is 6.68. The van der Waals surface area contributed by atoms with Crippen molar-refractivity contribution in [1.29, 1.82) is 0 Å². The first kappa shape index (κ1) is 12.9. The summed E-state index contributed by atoms with van der Waals surface area (Å²) in [5.41, 5.74) is 3.42. The molecule has 0 spiro atoms. The van der Waals surface area contributed by atoms with Crippen molar-refractivity contribution in [2.24, 2.45) is 0 Å². The van der Waals surface area contributed by atoms with Crippen LogP contribution in [-0.2, 0) is 13.0 Å². The lowest BCUT2D eigenvalue weighted by Crippen LogP contribution is -2.09. The molecule has 1 unspecified atom stereocenters. The van der Waals surface area contributed by atoms with Crippen LogP contribution >= 0.6 is 0 Å². The fourth-order valence-electron chi connectivity index (χ4n) is 3.14. The molecule has 0 amide bonds. The molecule has 4 nitrogen and oxygen atoms in total. The summed E-state index contributed by atoms with van der Waals surface area (Å²) in [5.74, 6) is 0.881. The minimum atomic E-state index is -0.306. The van der Waals surface area contributed by atoms with Crippen LogP contribution in [0.2, 0.25) is 0 Å². The third-order valence-electron chi connectivity index (χ3n) is 4.47. The number of aromatic nitrogens is 2. The molecule has 1 heterocycles. The third-order valence-corrected chi connectivity index (χ3v) is 4.47. The lowest BCUT2D eigenvalue weighted by Gasteiger charge is -2.21. The third kappa shape index (κ3) is 2.56. The lowest BCUT2D eigenvalue weighted by atomic mass is 9.89. The normalized spacial score (nSPS) is 21.1. The molecule has 0 aliphatic heterocycles. The van der Waals surface area contributed by atoms with Crippen LogP contribution in [0, 0.1) is 0 Å². The van der Waals surface area contributed by atoms with E-state index in [1.807, 2.05) is 24.7 Å². The minimum Gasteiger partial charge on any atom is -0.487 e. The fourth-order valence-corrected chi connectivity index (χ4v) is 3.14. The van der Waals surface area contributed by atoms with Crippen LogP contribution in [0.1, 0.15) is 54.6 Å². The number of hydrogen-bond acceptors (Lipinski definition) is 3. The molecule has 1 N–H and O–H groups in total. The highest BCUT2D eigenvalue weighted by Gasteiger charge is 2.25. The largest absolute Gasteiger partial charge is 0.487 e. The van der Waals surface area contributed by atoms with Crippen molar-refractivity contribution in [3.63, 3.8) is 0 Å². The second kappa shape index (κ2) is 5.19. The van der Waals surface area contributed by atoms with Gasteiger partial charge in [-0.3, -0.25) is 0 Å². The lowest BCUT2D eigenvalue weighted by molar-refractivity contribution is 0.156. The number of rotatable bonds is 4. The van der Waals surface area contributed by atoms with E-state index in [1.165, 1.54) is 18.4 Å². The van der Waals surface area contributed by atoms with E-state index in [9.17, 15) is 5.11 Å². The molecule has 4 heteroatoms. The Kier molecular flexibility index (Phi) is 3.19. The van der Waals surface area contributed by atoms with E-state index in [0.29, 0.717) is 12.6 Å². The van der Waals surface area contributed by atoms with E-state index in [2.05, 4.69) is 15.6 Å². The van der Waals surface area contributed by atoms with Gasteiger partial charge in [0, 0.05) is 6.04 Å². The van der Waals surface area contributed by atoms with Gasteiger partial charge in [-0.2, -0.15) is 0 Å². The van der Waals surface area contributed by atoms with Crippen LogP contribution in [0.25, 0.3) is 0 Å². The Bertz CT molecular complexity index is 646. The van der Waals surface area contributed by atoms with Gasteiger partial charge in [0.2, 0.25) is 0 Å². The molecule has 4 rings (SSSR count). The van der Waals surface area contributed by atoms with Gasteiger partial charge in [-0.15, -0.1) is 0 Å². The number of ether oxygens (including phenoxy) is 1. The molecule has 1 atom stereocenters. The summed E-state index contributed by atoms with van der Waals surface area (Å²) in [7, 11) is 0. The molecule has 0 saturated heterocycles. The second-order valence-corrected chi connectivity index (χ2v) is 6.08. The minimum absolute atomic E-state index is 0.306. The zero-order valence-electron chi connectivity index (χ0n) is 12.0. The molecule has 1 aromatic heterocycles. The molecule has 2 aliphatic carbocycles. The van der Waals surface area contributed by atoms with E-state index < -0.39 is 0 Å². The van der Waals surface area contributed by atoms with Crippen LogP contribution in [-0.4, -0.2) is 14.7 Å². The molecule has 0 radical (unpaired) electrons. The Morgan fingerprint density at radius 3 is 3.05 bits per heavy atom. The van der Waals surface area contributed by atoms with Gasteiger partial charge in [0.1, 0.15) is 12.4 Å². The summed E-state index contributed by atoms with van der Waals surface area (Å²) in [6.07, 6.45) is 8.93. The quantitative estimate of drug-likeness (QED) is 0.938. The van der Waals surface area contributed by atoms with Crippen molar-refractivity contribution in [2.75, 3.05) is 0 Å². The summed E-state index contributed by atoms with van der Waals surface area (Å²) in [5, 5.41) is 9.98. The maximum atomic E-state index is 9.98. The molecule has 1 fully saturated rings. The maximum Gasteiger partial charge on any atom is 0.130 e. The van der Waals surface area contributed by atoms with Crippen molar-refractivity contribution in [2.45, 2.75) is 50.9 Å². The van der Waals surface area contributed by atoms with E-state index in [-0.39, 0.29) is 6.10 Å². The van der Waals surface area contributed by atoms with Crippen molar-refractivity contribution in [3.05, 3.63) is 47.5 Å². The topological polar surface area (TPSA) is 47.3 Å². The summed E-state index contributed by atoms with van der Waals surface area (Å²) in [4.78, 5) is 4.23. The van der Waals surface area contributed by atoms with Crippen molar-refractivity contribution in [1.82, 2.24) is 9.55 Å². The zero-order valence-corrected chi connectivity index (χ0v) is 12.0. The van der Waals surface area contributed by atoms with Gasteiger partial charge >= 0.3 is 0 Å². The average molecular weight is 284 g/mol. The number of fused-ring (bicyclic) bond motifs is 1. The molecule has 21 heavy (non-hydrogen) atoms. The molecule has 0 bridgehead atoms. The van der Waals surface area contributed by atoms with Gasteiger partial charge in [-0.25, -0.2) is 4.98 Å². The number of hydrogen-bond donors (Lipinski definition) is 1. The Morgan fingerprint density at radius 2 is 2.19 bits per heavy atom. The monoisotopic (exact) mass is 284 g/mol. The van der Waals surface area contributed by atoms with Gasteiger partial charge in [0.15, 0.2) is 0 Å². The van der Waals surface area contributed by atoms with Crippen LogP contribution in [0.4, 0.5) is 0 Å². The second-order valence-electron chi connectivity index (χ2n) is 6.08. The highest BCUT2D eigenvalue weighted by molar-refractivity contribution is 5.38. The Labute approximate surface area is 124 Å². The average Bonchev–Trinajstić information content (AvgIpc) is 3.24. The highest BCUT2D eigenvalue weighted by Crippen LogP contribution is 2.36. The number of aryl methyl sites for hydroxylation is 1. The number of benzene rings is 1. The molecule has 2 aliphatic rings. The molecular formula is C17H20N2O2. The fraction of sp³-hybridized carbons (Fsp3) is 0.471. The van der Waals surface area contributed by atoms with Crippen LogP contribution in [0.3, 0.4) is 0 Å². The zero-order chi connectivity index (χ0) is 14.2. The number of imidazole rings is 1. The summed E-state index contributed by atoms with van der Waals surface area (Å²) < 4.78 is 8.15. The van der Waals surface area contributed by atoms with Gasteiger partial charge < -0.3 is 14.4 Å². The Morgan fingerprint density at radius 1 is 1.29 bits per heavy atom. The van der Waals surface area contributed by atoms with E-state index in [1.54, 1.807) is 0 Å². The van der Waals surface area contributed by atoms with Gasteiger partial charge in [0.25, 0.3) is 0 Å². The Hall–Kier alpha value is -1.81. The maximum absolute atomic E-state index is 9.98. The van der Waals surface area contributed by atoms with Crippen molar-refractivity contribution in [3.8, 4) is 5.75 Å². The number of nitrogens with zero attached hydrogens (tertiary/aromatic N) is 2. The molecule has 2 aromatic rings. The molecule has 110 valence electrons. The van der Waals surface area contributed by atoms with Gasteiger partial charge in [0.05, 0.1) is 24.3 Å². The van der Waals surface area contributed by atoms with Crippen molar-refractivity contribution < 1.29 is 9.84 Å². The number of aliphatic hydroxyl groups is 1. The van der Waals surface area contributed by atoms with Crippen LogP contribution in [0.15, 0.2) is 30.7 Å². The first-order chi connectivity index (χ1) is 10.3. The highest BCUT2D eigenvalue weighted by atomic mass is 16.5. The molecular weight excluding hydrogens is 264 g/mol. The molecule has 1 aromatic carbocycles. The van der Waals surface area contributed by atoms with Crippen LogP contribution in [0.5, 0.6) is 5.75 Å². The Balaban J connectivity index is 1.48. The first-order valence-corrected chi connectivity index (χ1v) is 7.75. The molecule has 1 saturated carbocycles. The van der Waals surface area contributed by atoms with E-state index in [4.69, 9.17) is 4.74 Å². The van der Waals surface area contributed by atoms with Gasteiger partial charge in [-0.05, 0) is 55.4 Å². The van der Waals surface area contributed by atoms with E-state index >= 15 is 0 Å². The summed E-state index contributed by atoms with van der Waals surface area (Å²) in [6.45, 7) is 0.553.